The first-order chi connectivity index (χ1) is 19.6. The number of Topliss-reactive ketones (excluding diaryl/α,β-unsaturated/α-hetero) is 1. The summed E-state index contributed by atoms with van der Waals surface area (Å²) >= 11 is 0. The Kier molecular flexibility index (Phi) is 11.3. The van der Waals surface area contributed by atoms with Crippen molar-refractivity contribution in [2.24, 2.45) is 5.73 Å². The molecule has 0 radical (unpaired) electrons. The number of anilines is 2. The summed E-state index contributed by atoms with van der Waals surface area (Å²) in [6, 6.07) is 8.74. The number of hydrogen-bond acceptors (Lipinski definition) is 9. The van der Waals surface area contributed by atoms with Crippen LogP contribution in [0.15, 0.2) is 30.6 Å². The molecule has 2 saturated carbocycles. The maximum Gasteiger partial charge on any atom is 0.227 e. The summed E-state index contributed by atoms with van der Waals surface area (Å²) in [6.07, 6.45) is 12.8. The third-order valence-corrected chi connectivity index (χ3v) is 8.95. The molecular weight excluding hydrogens is 575 g/mol. The molecule has 42 heavy (non-hydrogen) atoms. The maximum atomic E-state index is 12.8. The summed E-state index contributed by atoms with van der Waals surface area (Å²) in [5.41, 5.74) is 8.63. The lowest BCUT2D eigenvalue weighted by Gasteiger charge is -2.32. The molecule has 3 heterocycles. The molecule has 0 atom stereocenters. The minimum Gasteiger partial charge on any atom is -0.497 e. The molecule has 1 aliphatic heterocycles. The fourth-order valence-electron chi connectivity index (χ4n) is 6.48. The van der Waals surface area contributed by atoms with Gasteiger partial charge in [0.05, 0.1) is 20.0 Å². The summed E-state index contributed by atoms with van der Waals surface area (Å²) in [5.74, 6) is 2.39. The molecule has 4 N–H and O–H groups in total. The average molecular weight is 620 g/mol. The molecule has 3 fully saturated rings. The van der Waals surface area contributed by atoms with Crippen molar-refractivity contribution >= 4 is 53.5 Å². The van der Waals surface area contributed by atoms with Gasteiger partial charge in [-0.05, 0) is 75.6 Å². The molecule has 2 aromatic heterocycles. The Hall–Kier alpha value is -2.66. The first kappa shape index (κ1) is 32.3. The molecule has 3 aliphatic rings. The van der Waals surface area contributed by atoms with Crippen molar-refractivity contribution in [3.8, 4) is 5.75 Å². The summed E-state index contributed by atoms with van der Waals surface area (Å²) in [4.78, 5) is 29.8. The third kappa shape index (κ3) is 7.45. The van der Waals surface area contributed by atoms with E-state index in [0.29, 0.717) is 30.6 Å². The van der Waals surface area contributed by atoms with Crippen LogP contribution in [-0.4, -0.2) is 75.1 Å². The van der Waals surface area contributed by atoms with Crippen LogP contribution in [0, 0.1) is 0 Å². The van der Waals surface area contributed by atoms with Crippen molar-refractivity contribution in [2.45, 2.75) is 88.4 Å². The number of fused-ring (bicyclic) bond motifs is 1. The van der Waals surface area contributed by atoms with Crippen LogP contribution >= 0.6 is 24.8 Å². The Labute approximate surface area is 260 Å². The number of nitrogens with one attached hydrogen (secondary N) is 2. The number of nitrogens with two attached hydrogens (primary N) is 1. The quantitative estimate of drug-likeness (QED) is 0.276. The van der Waals surface area contributed by atoms with E-state index in [9.17, 15) is 4.79 Å². The van der Waals surface area contributed by atoms with Gasteiger partial charge in [-0.1, -0.05) is 12.8 Å². The summed E-state index contributed by atoms with van der Waals surface area (Å²) in [7, 11) is 1.63. The standard InChI is InChI=1S/C30H42N8O2.2ClH/c1-40-25-12-6-20(7-13-25)26(39)18-37-16-14-23(15-17-37)33-28-27-29(38(19-32-27)24-4-2-3-5-24)36-30(35-28)34-22-10-8-21(31)9-11-22;;/h6-7,12-13,19,21-24H,2-5,8-11,14-18,31H2,1H3,(H2,33,34,35,36);2*1H. The number of piperidine rings is 1. The van der Waals surface area contributed by atoms with Crippen molar-refractivity contribution in [1.82, 2.24) is 24.4 Å². The Morgan fingerprint density at radius 3 is 2.26 bits per heavy atom. The van der Waals surface area contributed by atoms with E-state index in [1.54, 1.807) is 7.11 Å². The minimum atomic E-state index is 0. The van der Waals surface area contributed by atoms with Crippen LogP contribution in [-0.2, 0) is 0 Å². The first-order valence-electron chi connectivity index (χ1n) is 15.0. The number of ether oxygens (including phenoxy) is 1. The first-order valence-corrected chi connectivity index (χ1v) is 15.0. The molecule has 0 unspecified atom stereocenters. The highest BCUT2D eigenvalue weighted by Crippen LogP contribution is 2.34. The van der Waals surface area contributed by atoms with Crippen LogP contribution in [0.5, 0.6) is 5.75 Å². The van der Waals surface area contributed by atoms with Gasteiger partial charge in [0.25, 0.3) is 0 Å². The van der Waals surface area contributed by atoms with Gasteiger partial charge < -0.3 is 25.7 Å². The van der Waals surface area contributed by atoms with Crippen LogP contribution < -0.4 is 21.1 Å². The van der Waals surface area contributed by atoms with Crippen molar-refractivity contribution in [3.05, 3.63) is 36.2 Å². The van der Waals surface area contributed by atoms with E-state index < -0.39 is 0 Å². The van der Waals surface area contributed by atoms with Gasteiger partial charge in [0.1, 0.15) is 5.75 Å². The Balaban J connectivity index is 0.00000202. The number of carbonyl (C=O) groups is 1. The lowest BCUT2D eigenvalue weighted by atomic mass is 9.92. The molecule has 12 heteroatoms. The zero-order valence-corrected chi connectivity index (χ0v) is 26.0. The van der Waals surface area contributed by atoms with E-state index in [2.05, 4.69) is 20.1 Å². The van der Waals surface area contributed by atoms with Crippen molar-refractivity contribution < 1.29 is 9.53 Å². The third-order valence-electron chi connectivity index (χ3n) is 8.95. The minimum absolute atomic E-state index is 0. The van der Waals surface area contributed by atoms with Gasteiger partial charge >= 0.3 is 0 Å². The predicted molar refractivity (Wildman–Crippen MR) is 172 cm³/mol. The Morgan fingerprint density at radius 2 is 1.60 bits per heavy atom. The molecule has 10 nitrogen and oxygen atoms in total. The lowest BCUT2D eigenvalue weighted by Crippen LogP contribution is -2.41. The number of likely N-dealkylation sites (tertiary alicyclic amines) is 1. The highest BCUT2D eigenvalue weighted by atomic mass is 35.5. The van der Waals surface area contributed by atoms with Crippen LogP contribution in [0.2, 0.25) is 0 Å². The largest absolute Gasteiger partial charge is 0.497 e. The summed E-state index contributed by atoms with van der Waals surface area (Å²) in [6.45, 7) is 2.15. The summed E-state index contributed by atoms with van der Waals surface area (Å²) in [5, 5.41) is 7.34. The molecule has 1 aromatic carbocycles. The monoisotopic (exact) mass is 618 g/mol. The van der Waals surface area contributed by atoms with Gasteiger partial charge in [-0.2, -0.15) is 9.97 Å². The van der Waals surface area contributed by atoms with E-state index in [0.717, 1.165) is 79.9 Å². The molecular formula is C30H44Cl2N8O2. The summed E-state index contributed by atoms with van der Waals surface area (Å²) < 4.78 is 7.48. The number of nitrogens with zero attached hydrogens (tertiary/aromatic N) is 5. The smallest absolute Gasteiger partial charge is 0.227 e. The average Bonchev–Trinajstić information content (AvgIpc) is 3.66. The molecule has 0 spiro atoms. The van der Waals surface area contributed by atoms with Crippen LogP contribution in [0.25, 0.3) is 11.2 Å². The van der Waals surface area contributed by atoms with Crippen molar-refractivity contribution in [1.29, 1.82) is 0 Å². The number of rotatable bonds is 9. The van der Waals surface area contributed by atoms with Crippen LogP contribution in [0.3, 0.4) is 0 Å². The van der Waals surface area contributed by atoms with Gasteiger partial charge in [0.2, 0.25) is 5.95 Å². The second kappa shape index (κ2) is 14.7. The highest BCUT2D eigenvalue weighted by molar-refractivity contribution is 5.97. The van der Waals surface area contributed by atoms with Crippen molar-refractivity contribution in [2.75, 3.05) is 37.4 Å². The van der Waals surface area contributed by atoms with Crippen molar-refractivity contribution in [3.63, 3.8) is 0 Å². The van der Waals surface area contributed by atoms with E-state index in [4.69, 9.17) is 25.4 Å². The molecule has 1 saturated heterocycles. The molecule has 0 bridgehead atoms. The van der Waals surface area contributed by atoms with E-state index in [-0.39, 0.29) is 36.6 Å². The Bertz CT molecular complexity index is 1300. The van der Waals surface area contributed by atoms with Gasteiger partial charge in [-0.15, -0.1) is 24.8 Å². The number of imidazole rings is 1. The normalized spacial score (nSPS) is 21.9. The van der Waals surface area contributed by atoms with E-state index in [1.165, 1.54) is 25.7 Å². The molecule has 2 aliphatic carbocycles. The van der Waals surface area contributed by atoms with Crippen LogP contribution in [0.4, 0.5) is 11.8 Å². The topological polar surface area (TPSA) is 123 Å². The number of carbonyl (C=O) groups excluding carboxylic acids is 1. The number of hydrogen-bond donors (Lipinski definition) is 3. The van der Waals surface area contributed by atoms with Gasteiger partial charge in [-0.25, -0.2) is 4.98 Å². The SMILES string of the molecule is COc1ccc(C(=O)CN2CCC(Nc3nc(NC4CCC(N)CC4)nc4c3ncn4C3CCCC3)CC2)cc1.Cl.Cl. The lowest BCUT2D eigenvalue weighted by molar-refractivity contribution is 0.0912. The maximum absolute atomic E-state index is 12.8. The van der Waals surface area contributed by atoms with Gasteiger partial charge in [-0.3, -0.25) is 9.69 Å². The number of methoxy groups -OCH3 is 1. The number of halogens is 2. The number of ketones is 1. The second-order valence-electron chi connectivity index (χ2n) is 11.8. The second-order valence-corrected chi connectivity index (χ2v) is 11.8. The number of benzene rings is 1. The van der Waals surface area contributed by atoms with E-state index >= 15 is 0 Å². The van der Waals surface area contributed by atoms with Gasteiger partial charge in [0, 0.05) is 42.8 Å². The fourth-order valence-corrected chi connectivity index (χ4v) is 6.48. The number of aromatic nitrogens is 4. The molecule has 6 rings (SSSR count). The zero-order chi connectivity index (χ0) is 27.5. The Morgan fingerprint density at radius 1 is 0.929 bits per heavy atom. The highest BCUT2D eigenvalue weighted by Gasteiger charge is 2.26. The fraction of sp³-hybridized carbons (Fsp3) is 0.600. The molecule has 230 valence electrons. The molecule has 0 amide bonds. The predicted octanol–water partition coefficient (Wildman–Crippen LogP) is 5.23. The van der Waals surface area contributed by atoms with Gasteiger partial charge in [0.15, 0.2) is 22.8 Å². The van der Waals surface area contributed by atoms with Crippen LogP contribution in [0.1, 0.15) is 80.6 Å². The molecule has 3 aromatic rings. The van der Waals surface area contributed by atoms with E-state index in [1.807, 2.05) is 30.6 Å². The zero-order valence-electron chi connectivity index (χ0n) is 24.3.